The zero-order valence-corrected chi connectivity index (χ0v) is 33.5. The molecule has 0 aliphatic rings. The summed E-state index contributed by atoms with van der Waals surface area (Å²) in [6, 6.07) is 82.5. The Morgan fingerprint density at radius 2 is 0.783 bits per heavy atom. The summed E-state index contributed by atoms with van der Waals surface area (Å²) < 4.78 is 2.64. The topological polar surface area (TPSA) is 3.24 Å². The maximum Gasteiger partial charge on any atom is 0.0468 e. The van der Waals surface area contributed by atoms with Crippen LogP contribution in [0.5, 0.6) is 0 Å². The predicted molar refractivity (Wildman–Crippen MR) is 260 cm³/mol. The van der Waals surface area contributed by atoms with E-state index in [0.717, 1.165) is 17.1 Å². The van der Waals surface area contributed by atoms with Crippen molar-refractivity contribution in [3.63, 3.8) is 0 Å². The lowest BCUT2D eigenvalue weighted by Crippen LogP contribution is -2.10. The van der Waals surface area contributed by atoms with Crippen LogP contribution >= 0.6 is 11.3 Å². The average molecular weight is 780 g/mol. The van der Waals surface area contributed by atoms with Gasteiger partial charge in [-0.2, -0.15) is 0 Å². The number of benzene rings is 11. The van der Waals surface area contributed by atoms with E-state index in [1.165, 1.54) is 96.6 Å². The Hall–Kier alpha value is -7.52. The molecule has 1 aromatic heterocycles. The molecule has 1 nitrogen and oxygen atoms in total. The Morgan fingerprint density at radius 1 is 0.283 bits per heavy atom. The molecule has 2 heteroatoms. The molecule has 0 fully saturated rings. The molecule has 0 radical (unpaired) electrons. The third kappa shape index (κ3) is 5.68. The molecular weight excluding hydrogens is 743 g/mol. The van der Waals surface area contributed by atoms with Crippen molar-refractivity contribution in [2.24, 2.45) is 0 Å². The molecular formula is C58H37NS. The molecule has 12 rings (SSSR count). The lowest BCUT2D eigenvalue weighted by Gasteiger charge is -2.27. The van der Waals surface area contributed by atoms with Crippen molar-refractivity contribution in [2.45, 2.75) is 0 Å². The van der Waals surface area contributed by atoms with Crippen molar-refractivity contribution >= 4 is 91.7 Å². The fourth-order valence-corrected chi connectivity index (χ4v) is 10.6. The fourth-order valence-electron chi connectivity index (χ4n) is 9.37. The van der Waals surface area contributed by atoms with Gasteiger partial charge in [-0.15, -0.1) is 11.3 Å². The molecule has 0 bridgehead atoms. The second-order valence-corrected chi connectivity index (χ2v) is 16.7. The van der Waals surface area contributed by atoms with Crippen LogP contribution in [0.15, 0.2) is 224 Å². The molecule has 0 N–H and O–H groups in total. The highest BCUT2D eigenvalue weighted by atomic mass is 32.1. The summed E-state index contributed by atoms with van der Waals surface area (Å²) >= 11 is 1.89. The van der Waals surface area contributed by atoms with Gasteiger partial charge in [0.1, 0.15) is 0 Å². The number of thiophene rings is 1. The maximum absolute atomic E-state index is 2.40. The van der Waals surface area contributed by atoms with Crippen molar-refractivity contribution in [3.05, 3.63) is 224 Å². The molecule has 0 amide bonds. The minimum Gasteiger partial charge on any atom is -0.310 e. The van der Waals surface area contributed by atoms with E-state index < -0.39 is 0 Å². The minimum atomic E-state index is 1.10. The van der Waals surface area contributed by atoms with Crippen LogP contribution in [-0.2, 0) is 0 Å². The highest BCUT2D eigenvalue weighted by Gasteiger charge is 2.19. The van der Waals surface area contributed by atoms with Crippen LogP contribution in [0.3, 0.4) is 0 Å². The van der Waals surface area contributed by atoms with E-state index in [1.54, 1.807) is 0 Å². The zero-order valence-electron chi connectivity index (χ0n) is 32.7. The molecule has 280 valence electrons. The second kappa shape index (κ2) is 14.1. The molecule has 0 aliphatic heterocycles. The van der Waals surface area contributed by atoms with Gasteiger partial charge in [-0.25, -0.2) is 0 Å². The number of hydrogen-bond acceptors (Lipinski definition) is 2. The summed E-state index contributed by atoms with van der Waals surface area (Å²) in [5.41, 5.74) is 10.7. The summed E-state index contributed by atoms with van der Waals surface area (Å²) in [5, 5.41) is 12.7. The van der Waals surface area contributed by atoms with Crippen molar-refractivity contribution < 1.29 is 0 Å². The lowest BCUT2D eigenvalue weighted by atomic mass is 9.91. The third-order valence-corrected chi connectivity index (χ3v) is 13.4. The molecule has 0 atom stereocenters. The van der Waals surface area contributed by atoms with Gasteiger partial charge in [0.15, 0.2) is 0 Å². The minimum absolute atomic E-state index is 1.10. The zero-order chi connectivity index (χ0) is 39.6. The van der Waals surface area contributed by atoms with E-state index in [4.69, 9.17) is 0 Å². The second-order valence-electron chi connectivity index (χ2n) is 15.6. The van der Waals surface area contributed by atoms with Gasteiger partial charge < -0.3 is 4.90 Å². The third-order valence-electron chi connectivity index (χ3n) is 12.2. The van der Waals surface area contributed by atoms with Gasteiger partial charge in [0.05, 0.1) is 0 Å². The van der Waals surface area contributed by atoms with E-state index in [0.29, 0.717) is 0 Å². The highest BCUT2D eigenvalue weighted by molar-refractivity contribution is 7.26. The van der Waals surface area contributed by atoms with Crippen molar-refractivity contribution in [1.82, 2.24) is 0 Å². The molecule has 0 unspecified atom stereocenters. The van der Waals surface area contributed by atoms with Gasteiger partial charge >= 0.3 is 0 Å². The van der Waals surface area contributed by atoms with Crippen LogP contribution in [0.4, 0.5) is 17.1 Å². The van der Waals surface area contributed by atoms with E-state index in [-0.39, 0.29) is 0 Å². The number of hydrogen-bond donors (Lipinski definition) is 0. The van der Waals surface area contributed by atoms with Gasteiger partial charge in [-0.1, -0.05) is 176 Å². The van der Waals surface area contributed by atoms with Crippen molar-refractivity contribution in [2.75, 3.05) is 4.90 Å². The molecule has 1 heterocycles. The normalized spacial score (nSPS) is 11.7. The number of anilines is 3. The summed E-state index contributed by atoms with van der Waals surface area (Å²) in [6.07, 6.45) is 0. The Labute approximate surface area is 352 Å². The van der Waals surface area contributed by atoms with Gasteiger partial charge in [-0.3, -0.25) is 0 Å². The largest absolute Gasteiger partial charge is 0.310 e. The predicted octanol–water partition coefficient (Wildman–Crippen LogP) is 17.1. The smallest absolute Gasteiger partial charge is 0.0468 e. The summed E-state index contributed by atoms with van der Waals surface area (Å²) in [7, 11) is 0. The number of fused-ring (bicyclic) bond motifs is 10. The van der Waals surface area contributed by atoms with Crippen LogP contribution < -0.4 is 4.90 Å². The number of rotatable bonds is 6. The van der Waals surface area contributed by atoms with E-state index in [2.05, 4.69) is 229 Å². The molecule has 0 aliphatic carbocycles. The summed E-state index contributed by atoms with van der Waals surface area (Å²) in [4.78, 5) is 2.40. The van der Waals surface area contributed by atoms with Crippen LogP contribution in [0, 0.1) is 0 Å². The SMILES string of the molecule is c1ccc(-c2ccc(N(c3ccc(-c4ccc5c(sc6ccccc65)c4-c4ccc5ccccc5c4)cc3)c3ccc4c5ccccc5c5ccccc5c4c3)cc2)cc1. The van der Waals surface area contributed by atoms with Crippen LogP contribution in [0.1, 0.15) is 0 Å². The summed E-state index contributed by atoms with van der Waals surface area (Å²) in [5.74, 6) is 0. The van der Waals surface area contributed by atoms with Crippen LogP contribution in [0.2, 0.25) is 0 Å². The fraction of sp³-hybridized carbons (Fsp3) is 0. The molecule has 60 heavy (non-hydrogen) atoms. The monoisotopic (exact) mass is 779 g/mol. The molecule has 11 aromatic carbocycles. The standard InChI is InChI=1S/C58H37NS/c1-2-12-38(13-3-1)40-24-28-44(29-25-40)59(46-32-33-52-50-18-7-6-16-48(50)49-17-8-9-19-51(49)55(52)37-46)45-30-26-41(27-31-45)47-34-35-54-53-20-10-11-21-56(53)60-58(54)57(47)43-23-22-39-14-4-5-15-42(39)36-43/h1-37H. The van der Waals surface area contributed by atoms with E-state index in [9.17, 15) is 0 Å². The van der Waals surface area contributed by atoms with Crippen LogP contribution in [-0.4, -0.2) is 0 Å². The van der Waals surface area contributed by atoms with Gasteiger partial charge in [0.2, 0.25) is 0 Å². The van der Waals surface area contributed by atoms with Crippen LogP contribution in [0.25, 0.3) is 96.6 Å². The maximum atomic E-state index is 2.40. The molecule has 0 spiro atoms. The van der Waals surface area contributed by atoms with E-state index >= 15 is 0 Å². The Bertz CT molecular complexity index is 3550. The van der Waals surface area contributed by atoms with Gasteiger partial charge in [-0.05, 0) is 119 Å². The summed E-state index contributed by atoms with van der Waals surface area (Å²) in [6.45, 7) is 0. The molecule has 12 aromatic rings. The highest BCUT2D eigenvalue weighted by Crippen LogP contribution is 2.47. The van der Waals surface area contributed by atoms with Gasteiger partial charge in [0, 0.05) is 42.8 Å². The molecule has 0 saturated heterocycles. The molecule has 0 saturated carbocycles. The first-order valence-electron chi connectivity index (χ1n) is 20.6. The van der Waals surface area contributed by atoms with Gasteiger partial charge in [0.25, 0.3) is 0 Å². The quantitative estimate of drug-likeness (QED) is 0.152. The first-order chi connectivity index (χ1) is 29.7. The van der Waals surface area contributed by atoms with Crippen molar-refractivity contribution in [1.29, 1.82) is 0 Å². The lowest BCUT2D eigenvalue weighted by molar-refractivity contribution is 1.29. The van der Waals surface area contributed by atoms with Crippen molar-refractivity contribution in [3.8, 4) is 33.4 Å². The Kier molecular flexibility index (Phi) is 8.11. The van der Waals surface area contributed by atoms with E-state index in [1.807, 2.05) is 11.3 Å². The number of nitrogens with zero attached hydrogens (tertiary/aromatic N) is 1. The Morgan fingerprint density at radius 3 is 1.48 bits per heavy atom. The average Bonchev–Trinajstić information content (AvgIpc) is 3.71. The Balaban J connectivity index is 1.04. The first-order valence-corrected chi connectivity index (χ1v) is 21.4. The first kappa shape index (κ1) is 34.5.